The molecule has 4 heterocycles. The minimum absolute atomic E-state index is 0.0273. The normalized spacial score (nSPS) is 20.0. The molecular formula is C39H47F2N8O6P. The Kier molecular flexibility index (Phi) is 11.7. The lowest BCUT2D eigenvalue weighted by Crippen LogP contribution is -2.46. The van der Waals surface area contributed by atoms with Gasteiger partial charge < -0.3 is 29.1 Å². The number of hydrogen-bond donors (Lipinski definition) is 2. The summed E-state index contributed by atoms with van der Waals surface area (Å²) in [6, 6.07) is 19.1. The minimum Gasteiger partial charge on any atom is -0.493 e. The highest BCUT2D eigenvalue weighted by atomic mass is 31.2. The number of ether oxygens (including phenoxy) is 2. The van der Waals surface area contributed by atoms with Crippen molar-refractivity contribution in [1.82, 2.24) is 29.1 Å². The summed E-state index contributed by atoms with van der Waals surface area (Å²) >= 11 is 0. The van der Waals surface area contributed by atoms with Gasteiger partial charge in [0.25, 0.3) is 0 Å². The maximum absolute atomic E-state index is 15.0. The number of halogens is 2. The van der Waals surface area contributed by atoms with Crippen LogP contribution in [0.1, 0.15) is 44.7 Å². The molecule has 56 heavy (non-hydrogen) atoms. The van der Waals surface area contributed by atoms with E-state index in [0.717, 1.165) is 49.4 Å². The molecule has 17 heteroatoms. The summed E-state index contributed by atoms with van der Waals surface area (Å²) in [7, 11) is -4.12. The first-order chi connectivity index (χ1) is 26.9. The van der Waals surface area contributed by atoms with Gasteiger partial charge in [-0.15, -0.1) is 0 Å². The monoisotopic (exact) mass is 792 g/mol. The van der Waals surface area contributed by atoms with Crippen molar-refractivity contribution in [1.29, 1.82) is 0 Å². The zero-order chi connectivity index (χ0) is 39.5. The summed E-state index contributed by atoms with van der Waals surface area (Å²) in [4.78, 5) is 40.6. The Morgan fingerprint density at radius 2 is 1.61 bits per heavy atom. The van der Waals surface area contributed by atoms with Gasteiger partial charge in [-0.2, -0.15) is 10.2 Å². The smallest absolute Gasteiger partial charge is 0.350 e. The first-order valence-electron chi connectivity index (χ1n) is 18.9. The summed E-state index contributed by atoms with van der Waals surface area (Å²) in [5.74, 6) is -0.747. The number of anilines is 2. The van der Waals surface area contributed by atoms with Crippen LogP contribution in [0.25, 0.3) is 5.69 Å². The van der Waals surface area contributed by atoms with Crippen molar-refractivity contribution in [2.75, 3.05) is 55.4 Å². The highest BCUT2D eigenvalue weighted by Gasteiger charge is 2.44. The molecule has 14 nitrogen and oxygen atoms in total. The van der Waals surface area contributed by atoms with Crippen molar-refractivity contribution in [3.63, 3.8) is 0 Å². The lowest BCUT2D eigenvalue weighted by molar-refractivity contribution is -0.0206. The van der Waals surface area contributed by atoms with Gasteiger partial charge in [0.1, 0.15) is 42.0 Å². The molecule has 2 fully saturated rings. The third kappa shape index (κ3) is 8.88. The highest BCUT2D eigenvalue weighted by Crippen LogP contribution is 2.42. The van der Waals surface area contributed by atoms with Gasteiger partial charge in [0.2, 0.25) is 0 Å². The average molecular weight is 793 g/mol. The molecule has 5 aromatic rings. The fourth-order valence-electron chi connectivity index (χ4n) is 7.90. The molecule has 2 N–H and O–H groups in total. The van der Waals surface area contributed by atoms with Gasteiger partial charge >= 0.3 is 13.3 Å². The van der Waals surface area contributed by atoms with Gasteiger partial charge in [0.15, 0.2) is 0 Å². The van der Waals surface area contributed by atoms with E-state index in [4.69, 9.17) is 9.47 Å². The van der Waals surface area contributed by atoms with Crippen LogP contribution in [0.3, 0.4) is 0 Å². The second-order valence-electron chi connectivity index (χ2n) is 14.7. The first-order valence-corrected chi connectivity index (χ1v) is 20.7. The van der Waals surface area contributed by atoms with Crippen LogP contribution in [0.2, 0.25) is 0 Å². The Balaban J connectivity index is 0.911. The highest BCUT2D eigenvalue weighted by molar-refractivity contribution is 7.51. The number of nitrogens with zero attached hydrogens (tertiary/aromatic N) is 8. The molecule has 2 aliphatic heterocycles. The quantitative estimate of drug-likeness (QED) is 0.131. The summed E-state index contributed by atoms with van der Waals surface area (Å²) in [5, 5.41) is 8.54. The van der Waals surface area contributed by atoms with Crippen LogP contribution in [0.5, 0.6) is 5.75 Å². The lowest BCUT2D eigenvalue weighted by Gasteiger charge is -2.37. The molecule has 0 unspecified atom stereocenters. The van der Waals surface area contributed by atoms with E-state index >= 15 is 0 Å². The van der Waals surface area contributed by atoms with Crippen molar-refractivity contribution in [3.05, 3.63) is 113 Å². The summed E-state index contributed by atoms with van der Waals surface area (Å²) in [6.45, 7) is 8.05. The van der Waals surface area contributed by atoms with Crippen molar-refractivity contribution in [2.45, 2.75) is 51.3 Å². The topological polar surface area (TPSA) is 153 Å². The van der Waals surface area contributed by atoms with Crippen molar-refractivity contribution in [2.24, 2.45) is 11.8 Å². The Morgan fingerprint density at radius 1 is 0.946 bits per heavy atom. The van der Waals surface area contributed by atoms with Crippen molar-refractivity contribution >= 4 is 19.0 Å². The molecule has 0 bridgehead atoms. The van der Waals surface area contributed by atoms with E-state index in [1.54, 1.807) is 11.0 Å². The molecule has 298 valence electrons. The molecule has 0 radical (unpaired) electrons. The second-order valence-corrected chi connectivity index (χ2v) is 16.5. The third-order valence-corrected chi connectivity index (χ3v) is 11.8. The van der Waals surface area contributed by atoms with Gasteiger partial charge in [-0.1, -0.05) is 19.9 Å². The average Bonchev–Trinajstić information content (AvgIpc) is 3.95. The summed E-state index contributed by atoms with van der Waals surface area (Å²) in [5.41, 5.74) is 1.80. The molecule has 2 saturated heterocycles. The molecule has 4 atom stereocenters. The molecule has 0 amide bonds. The molecule has 0 saturated carbocycles. The molecular weight excluding hydrogens is 745 g/mol. The minimum atomic E-state index is -4.12. The fraction of sp³-hybridized carbons (Fsp3) is 0.436. The zero-order valence-electron chi connectivity index (χ0n) is 31.4. The Labute approximate surface area is 323 Å². The van der Waals surface area contributed by atoms with Crippen LogP contribution in [0.15, 0.2) is 90.5 Å². The lowest BCUT2D eigenvalue weighted by atomic mass is 9.87. The van der Waals surface area contributed by atoms with E-state index in [1.807, 2.05) is 62.4 Å². The first kappa shape index (κ1) is 39.3. The standard InChI is InChI=1S/C39H47F2N8O6P/c1-3-37(28(2)14-19-56(51,52)53)49-38(50)48(27-44-49)33-7-5-31(6-8-33)45-15-17-46(18-16-45)32-9-11-34(12-10-32)54-22-29-21-39(55-23-29,24-47-26-42-25-43-47)35-13-4-30(40)20-36(35)41/h4-13,20,25-29,37H,3,14-19,21-24H2,1-2H3,(H2,51,52,53)/t28-,29-,37+,39+/m1/s1. The van der Waals surface area contributed by atoms with E-state index in [2.05, 4.69) is 25.0 Å². The van der Waals surface area contributed by atoms with Crippen LogP contribution < -0.4 is 20.2 Å². The molecule has 0 spiro atoms. The fourth-order valence-corrected chi connectivity index (χ4v) is 8.65. The maximum atomic E-state index is 15.0. The van der Waals surface area contributed by atoms with Crippen LogP contribution in [0.4, 0.5) is 20.2 Å². The molecule has 7 rings (SSSR count). The number of benzene rings is 3. The number of aromatic nitrogens is 6. The number of hydrogen-bond acceptors (Lipinski definition) is 9. The second kappa shape index (κ2) is 16.7. The summed E-state index contributed by atoms with van der Waals surface area (Å²) < 4.78 is 57.1. The predicted molar refractivity (Wildman–Crippen MR) is 206 cm³/mol. The molecule has 0 aliphatic carbocycles. The van der Waals surface area contributed by atoms with Gasteiger partial charge in [-0.25, -0.2) is 32.5 Å². The van der Waals surface area contributed by atoms with E-state index in [-0.39, 0.29) is 41.8 Å². The predicted octanol–water partition coefficient (Wildman–Crippen LogP) is 5.40. The SMILES string of the molecule is CC[C@@H]([C@H](C)CCP(=O)(O)O)n1ncn(-c2ccc(N3CCN(c4ccc(OC[C@@H]5CO[C@@](Cn6cncn6)(c6ccc(F)cc6F)C5)cc4)CC3)cc2)c1=O. The largest absolute Gasteiger partial charge is 0.493 e. The maximum Gasteiger partial charge on any atom is 0.350 e. The van der Waals surface area contributed by atoms with Crippen LogP contribution in [-0.2, 0) is 21.4 Å². The molecule has 2 aromatic heterocycles. The van der Waals surface area contributed by atoms with Gasteiger partial charge in [-0.3, -0.25) is 4.57 Å². The van der Waals surface area contributed by atoms with Crippen LogP contribution in [-0.4, -0.2) is 84.5 Å². The zero-order valence-corrected chi connectivity index (χ0v) is 32.3. The van der Waals surface area contributed by atoms with E-state index in [0.29, 0.717) is 38.2 Å². The van der Waals surface area contributed by atoms with E-state index in [9.17, 15) is 27.9 Å². The Hall–Kier alpha value is -4.89. The van der Waals surface area contributed by atoms with Crippen LogP contribution in [0, 0.1) is 23.5 Å². The van der Waals surface area contributed by atoms with Crippen LogP contribution >= 0.6 is 7.60 Å². The molecule has 3 aromatic carbocycles. The third-order valence-electron chi connectivity index (χ3n) is 10.9. The van der Waals surface area contributed by atoms with E-state index < -0.39 is 24.8 Å². The number of rotatable bonds is 15. The number of piperazine rings is 1. The summed E-state index contributed by atoms with van der Waals surface area (Å²) in [6.07, 6.45) is 5.60. The Bertz CT molecular complexity index is 2170. The van der Waals surface area contributed by atoms with Gasteiger partial charge in [0, 0.05) is 55.1 Å². The van der Waals surface area contributed by atoms with Gasteiger partial charge in [-0.05, 0) is 79.8 Å². The van der Waals surface area contributed by atoms with Crippen molar-refractivity contribution < 1.29 is 32.6 Å². The van der Waals surface area contributed by atoms with E-state index in [1.165, 1.54) is 34.0 Å². The Morgan fingerprint density at radius 3 is 2.21 bits per heavy atom. The van der Waals surface area contributed by atoms with Gasteiger partial charge in [0.05, 0.1) is 37.6 Å². The molecule has 2 aliphatic rings. The van der Waals surface area contributed by atoms with Crippen molar-refractivity contribution in [3.8, 4) is 11.4 Å².